The lowest BCUT2D eigenvalue weighted by atomic mass is 9.81. The van der Waals surface area contributed by atoms with Crippen LogP contribution in [0.5, 0.6) is 5.75 Å². The maximum absolute atomic E-state index is 13.1. The number of amides is 2. The average molecular weight is 514 g/mol. The summed E-state index contributed by atoms with van der Waals surface area (Å²) in [6.07, 6.45) is 0.140. The minimum Gasteiger partial charge on any atom is -0.489 e. The minimum absolute atomic E-state index is 0.00871. The average Bonchev–Trinajstić information content (AvgIpc) is 3.34. The Morgan fingerprint density at radius 3 is 2.61 bits per heavy atom. The molecule has 3 fully saturated rings. The summed E-state index contributed by atoms with van der Waals surface area (Å²) < 4.78 is 50.1. The lowest BCUT2D eigenvalue weighted by Gasteiger charge is -2.33. The van der Waals surface area contributed by atoms with Gasteiger partial charge in [0, 0.05) is 51.3 Å². The molecule has 200 valence electrons. The standard InChI is InChI=1S/C25H34F3N3O5/c26-25(27,28)18-7-5-17(6-8-18)23(33)31-12-2-3-19(31)15-36-20-4-1-11-29-21(20)22(32)30-16-24(34)9-13-35-14-10-24/h1,4,11,17-19,34H,2-3,5-10,12-16H2,(H,30,32)/t17?,18?,19-/m1/s1. The molecule has 1 atom stereocenters. The van der Waals surface area contributed by atoms with Crippen molar-refractivity contribution in [2.24, 2.45) is 11.8 Å². The number of hydrogen-bond acceptors (Lipinski definition) is 6. The van der Waals surface area contributed by atoms with Crippen molar-refractivity contribution in [1.82, 2.24) is 15.2 Å². The summed E-state index contributed by atoms with van der Waals surface area (Å²) in [7, 11) is 0. The summed E-state index contributed by atoms with van der Waals surface area (Å²) in [4.78, 5) is 31.8. The Kier molecular flexibility index (Phi) is 8.39. The Morgan fingerprint density at radius 1 is 1.19 bits per heavy atom. The number of carbonyl (C=O) groups is 2. The molecule has 1 saturated carbocycles. The van der Waals surface area contributed by atoms with Crippen LogP contribution in [0.15, 0.2) is 18.3 Å². The van der Waals surface area contributed by atoms with E-state index in [2.05, 4.69) is 10.3 Å². The van der Waals surface area contributed by atoms with Crippen LogP contribution < -0.4 is 10.1 Å². The third kappa shape index (κ3) is 6.47. The van der Waals surface area contributed by atoms with Crippen LogP contribution in [0.25, 0.3) is 0 Å². The van der Waals surface area contributed by atoms with E-state index in [4.69, 9.17) is 9.47 Å². The van der Waals surface area contributed by atoms with Crippen molar-refractivity contribution >= 4 is 11.8 Å². The fourth-order valence-electron chi connectivity index (χ4n) is 5.32. The van der Waals surface area contributed by atoms with Crippen molar-refractivity contribution in [2.45, 2.75) is 69.2 Å². The summed E-state index contributed by atoms with van der Waals surface area (Å²) in [5, 5.41) is 13.3. The molecule has 2 amide bonds. The van der Waals surface area contributed by atoms with Crippen LogP contribution in [0.3, 0.4) is 0 Å². The first kappa shape index (κ1) is 26.7. The maximum atomic E-state index is 13.1. The highest BCUT2D eigenvalue weighted by molar-refractivity contribution is 5.94. The van der Waals surface area contributed by atoms with E-state index in [1.807, 2.05) is 0 Å². The lowest BCUT2D eigenvalue weighted by Crippen LogP contribution is -2.46. The van der Waals surface area contributed by atoms with Crippen LogP contribution in [0.4, 0.5) is 13.2 Å². The van der Waals surface area contributed by atoms with Crippen LogP contribution in [0.2, 0.25) is 0 Å². The van der Waals surface area contributed by atoms with Gasteiger partial charge in [0.15, 0.2) is 11.4 Å². The first-order valence-electron chi connectivity index (χ1n) is 12.7. The number of carbonyl (C=O) groups excluding carboxylic acids is 2. The number of rotatable bonds is 7. The first-order chi connectivity index (χ1) is 17.2. The lowest BCUT2D eigenvalue weighted by molar-refractivity contribution is -0.185. The number of ether oxygens (including phenoxy) is 2. The van der Waals surface area contributed by atoms with E-state index in [0.717, 1.165) is 12.8 Å². The van der Waals surface area contributed by atoms with Crippen molar-refractivity contribution in [1.29, 1.82) is 0 Å². The van der Waals surface area contributed by atoms with Gasteiger partial charge in [-0.3, -0.25) is 9.59 Å². The summed E-state index contributed by atoms with van der Waals surface area (Å²) in [5.41, 5.74) is -0.928. The summed E-state index contributed by atoms with van der Waals surface area (Å²) in [6.45, 7) is 1.66. The third-order valence-electron chi connectivity index (χ3n) is 7.62. The number of aromatic nitrogens is 1. The van der Waals surface area contributed by atoms with Gasteiger partial charge in [-0.25, -0.2) is 4.98 Å². The molecule has 4 rings (SSSR count). The number of aliphatic hydroxyl groups is 1. The molecule has 11 heteroatoms. The van der Waals surface area contributed by atoms with Crippen molar-refractivity contribution in [2.75, 3.05) is 32.9 Å². The van der Waals surface area contributed by atoms with Crippen LogP contribution in [0.1, 0.15) is 61.9 Å². The minimum atomic E-state index is -4.20. The zero-order valence-corrected chi connectivity index (χ0v) is 20.3. The van der Waals surface area contributed by atoms with E-state index in [1.165, 1.54) is 6.20 Å². The number of hydrogen-bond donors (Lipinski definition) is 2. The van der Waals surface area contributed by atoms with E-state index in [9.17, 15) is 27.9 Å². The van der Waals surface area contributed by atoms with Crippen LogP contribution in [-0.4, -0.2) is 77.5 Å². The second-order valence-corrected chi connectivity index (χ2v) is 10.1. The van der Waals surface area contributed by atoms with Gasteiger partial charge in [0.2, 0.25) is 5.91 Å². The second kappa shape index (κ2) is 11.3. The predicted molar refractivity (Wildman–Crippen MR) is 123 cm³/mol. The summed E-state index contributed by atoms with van der Waals surface area (Å²) in [5.74, 6) is -2.00. The fraction of sp³-hybridized carbons (Fsp3) is 0.720. The van der Waals surface area contributed by atoms with Crippen LogP contribution >= 0.6 is 0 Å². The Labute approximate surface area is 208 Å². The van der Waals surface area contributed by atoms with Gasteiger partial charge in [-0.1, -0.05) is 0 Å². The molecule has 36 heavy (non-hydrogen) atoms. The Balaban J connectivity index is 1.32. The molecule has 3 aliphatic rings. The van der Waals surface area contributed by atoms with Crippen molar-refractivity contribution in [3.63, 3.8) is 0 Å². The molecule has 0 bridgehead atoms. The highest BCUT2D eigenvalue weighted by atomic mass is 19.4. The van der Waals surface area contributed by atoms with Gasteiger partial charge in [0.25, 0.3) is 5.91 Å². The van der Waals surface area contributed by atoms with Crippen molar-refractivity contribution in [3.05, 3.63) is 24.0 Å². The third-order valence-corrected chi connectivity index (χ3v) is 7.62. The van der Waals surface area contributed by atoms with Crippen LogP contribution in [-0.2, 0) is 9.53 Å². The van der Waals surface area contributed by atoms with E-state index in [-0.39, 0.29) is 68.1 Å². The number of nitrogens with zero attached hydrogens (tertiary/aromatic N) is 2. The monoisotopic (exact) mass is 513 g/mol. The van der Waals surface area contributed by atoms with Gasteiger partial charge in [-0.15, -0.1) is 0 Å². The molecule has 0 aromatic carbocycles. The molecule has 0 spiro atoms. The SMILES string of the molecule is O=C(NCC1(O)CCOCC1)c1ncccc1OC[C@H]1CCCN1C(=O)C1CCC(C(F)(F)F)CC1. The molecule has 2 N–H and O–H groups in total. The van der Waals surface area contributed by atoms with Gasteiger partial charge in [0.05, 0.1) is 17.6 Å². The normalized spacial score (nSPS) is 26.4. The predicted octanol–water partition coefficient (Wildman–Crippen LogP) is 3.09. The zero-order valence-electron chi connectivity index (χ0n) is 20.3. The summed E-state index contributed by atoms with van der Waals surface area (Å²) >= 11 is 0. The Hall–Kier alpha value is -2.40. The molecule has 2 aliphatic heterocycles. The van der Waals surface area contributed by atoms with Gasteiger partial charge in [-0.2, -0.15) is 13.2 Å². The quantitative estimate of drug-likeness (QED) is 0.581. The first-order valence-corrected chi connectivity index (χ1v) is 12.7. The van der Waals surface area contributed by atoms with Gasteiger partial charge >= 0.3 is 6.18 Å². The molecule has 2 saturated heterocycles. The number of pyridine rings is 1. The Bertz CT molecular complexity index is 914. The molecule has 3 heterocycles. The number of nitrogens with one attached hydrogen (secondary N) is 1. The molecular weight excluding hydrogens is 479 g/mol. The van der Waals surface area contributed by atoms with Gasteiger partial charge < -0.3 is 24.8 Å². The van der Waals surface area contributed by atoms with E-state index in [0.29, 0.717) is 32.6 Å². The zero-order chi connectivity index (χ0) is 25.8. The van der Waals surface area contributed by atoms with Crippen molar-refractivity contribution in [3.8, 4) is 5.75 Å². The fourth-order valence-corrected chi connectivity index (χ4v) is 5.32. The molecule has 1 aliphatic carbocycles. The number of alkyl halides is 3. The van der Waals surface area contributed by atoms with Gasteiger partial charge in [-0.05, 0) is 50.7 Å². The van der Waals surface area contributed by atoms with E-state index in [1.54, 1.807) is 17.0 Å². The van der Waals surface area contributed by atoms with E-state index >= 15 is 0 Å². The molecule has 8 nitrogen and oxygen atoms in total. The van der Waals surface area contributed by atoms with E-state index < -0.39 is 23.6 Å². The highest BCUT2D eigenvalue weighted by Gasteiger charge is 2.44. The molecular formula is C25H34F3N3O5. The topological polar surface area (TPSA) is 101 Å². The molecule has 0 radical (unpaired) electrons. The smallest absolute Gasteiger partial charge is 0.391 e. The highest BCUT2D eigenvalue weighted by Crippen LogP contribution is 2.40. The molecule has 0 unspecified atom stereocenters. The largest absolute Gasteiger partial charge is 0.489 e. The second-order valence-electron chi connectivity index (χ2n) is 10.1. The van der Waals surface area contributed by atoms with Gasteiger partial charge in [0.1, 0.15) is 6.61 Å². The molecule has 1 aromatic rings. The van der Waals surface area contributed by atoms with Crippen molar-refractivity contribution < 1.29 is 37.3 Å². The number of halogens is 3. The molecule has 1 aromatic heterocycles. The number of likely N-dealkylation sites (tertiary alicyclic amines) is 1. The Morgan fingerprint density at radius 2 is 1.92 bits per heavy atom. The summed E-state index contributed by atoms with van der Waals surface area (Å²) in [6, 6.07) is 3.07. The maximum Gasteiger partial charge on any atom is 0.391 e. The van der Waals surface area contributed by atoms with Crippen LogP contribution in [0, 0.1) is 11.8 Å².